The van der Waals surface area contributed by atoms with E-state index in [1.54, 1.807) is 11.0 Å². The average molecular weight is 376 g/mol. The number of halogens is 1. The number of benzene rings is 2. The first-order valence-corrected chi connectivity index (χ1v) is 9.86. The lowest BCUT2D eigenvalue weighted by Gasteiger charge is -2.34. The number of sulfonamides is 1. The highest BCUT2D eigenvalue weighted by molar-refractivity contribution is 7.89. The molecule has 1 aliphatic rings. The Morgan fingerprint density at radius 1 is 1.00 bits per heavy atom. The van der Waals surface area contributed by atoms with Gasteiger partial charge in [0.15, 0.2) is 0 Å². The number of amides is 1. The molecule has 0 unspecified atom stereocenters. The van der Waals surface area contributed by atoms with Gasteiger partial charge in [-0.25, -0.2) is 12.8 Å². The number of aryl methyl sites for hydroxylation is 2. The summed E-state index contributed by atoms with van der Waals surface area (Å²) in [7, 11) is -3.90. The normalized spacial score (nSPS) is 15.9. The lowest BCUT2D eigenvalue weighted by Crippen LogP contribution is -2.50. The quantitative estimate of drug-likeness (QED) is 0.827. The van der Waals surface area contributed by atoms with Gasteiger partial charge >= 0.3 is 0 Å². The van der Waals surface area contributed by atoms with Gasteiger partial charge in [0.25, 0.3) is 5.91 Å². The Kier molecular flexibility index (Phi) is 5.11. The molecule has 0 radical (unpaired) electrons. The molecular weight excluding hydrogens is 355 g/mol. The van der Waals surface area contributed by atoms with Crippen LogP contribution >= 0.6 is 0 Å². The molecule has 0 spiro atoms. The summed E-state index contributed by atoms with van der Waals surface area (Å²) in [6, 6.07) is 11.0. The zero-order valence-corrected chi connectivity index (χ0v) is 15.6. The summed E-state index contributed by atoms with van der Waals surface area (Å²) in [4.78, 5) is 14.0. The van der Waals surface area contributed by atoms with Crippen LogP contribution < -0.4 is 0 Å². The number of piperazine rings is 1. The fourth-order valence-corrected chi connectivity index (χ4v) is 4.64. The monoisotopic (exact) mass is 376 g/mol. The predicted molar refractivity (Wildman–Crippen MR) is 97.0 cm³/mol. The Morgan fingerprint density at radius 3 is 2.27 bits per heavy atom. The van der Waals surface area contributed by atoms with Gasteiger partial charge in [-0.3, -0.25) is 4.79 Å². The number of carbonyl (C=O) groups excluding carboxylic acids is 1. The van der Waals surface area contributed by atoms with E-state index in [1.807, 2.05) is 26.0 Å². The smallest absolute Gasteiger partial charge is 0.254 e. The molecule has 1 fully saturated rings. The van der Waals surface area contributed by atoms with Crippen molar-refractivity contribution in [2.75, 3.05) is 26.2 Å². The van der Waals surface area contributed by atoms with Crippen LogP contribution in [0.3, 0.4) is 0 Å². The Morgan fingerprint density at radius 2 is 1.65 bits per heavy atom. The lowest BCUT2D eigenvalue weighted by atomic mass is 10.0. The third kappa shape index (κ3) is 3.50. The van der Waals surface area contributed by atoms with Crippen molar-refractivity contribution in [2.45, 2.75) is 18.7 Å². The first kappa shape index (κ1) is 18.5. The number of hydrogen-bond donors (Lipinski definition) is 0. The Bertz CT molecular complexity index is 936. The largest absolute Gasteiger partial charge is 0.336 e. The highest BCUT2D eigenvalue weighted by Crippen LogP contribution is 2.21. The summed E-state index contributed by atoms with van der Waals surface area (Å²) in [5, 5.41) is 0. The van der Waals surface area contributed by atoms with Crippen LogP contribution in [0.2, 0.25) is 0 Å². The van der Waals surface area contributed by atoms with Gasteiger partial charge in [-0.15, -0.1) is 0 Å². The zero-order chi connectivity index (χ0) is 18.9. The fraction of sp³-hybridized carbons (Fsp3) is 0.316. The number of hydrogen-bond acceptors (Lipinski definition) is 3. The molecule has 26 heavy (non-hydrogen) atoms. The highest BCUT2D eigenvalue weighted by Gasteiger charge is 2.32. The second kappa shape index (κ2) is 7.17. The maximum Gasteiger partial charge on any atom is 0.254 e. The molecule has 1 amide bonds. The van der Waals surface area contributed by atoms with Gasteiger partial charge in [-0.2, -0.15) is 4.31 Å². The van der Waals surface area contributed by atoms with E-state index in [9.17, 15) is 17.6 Å². The van der Waals surface area contributed by atoms with Crippen LogP contribution in [-0.2, 0) is 10.0 Å². The van der Waals surface area contributed by atoms with Crippen molar-refractivity contribution < 1.29 is 17.6 Å². The third-order valence-corrected chi connectivity index (χ3v) is 6.52. The van der Waals surface area contributed by atoms with Gasteiger partial charge in [0.2, 0.25) is 10.0 Å². The molecule has 3 rings (SSSR count). The average Bonchev–Trinajstić information content (AvgIpc) is 2.61. The zero-order valence-electron chi connectivity index (χ0n) is 14.8. The summed E-state index contributed by atoms with van der Waals surface area (Å²) in [5.74, 6) is -0.869. The van der Waals surface area contributed by atoms with Gasteiger partial charge in [-0.1, -0.05) is 29.8 Å². The Balaban J connectivity index is 1.73. The molecule has 5 nitrogen and oxygen atoms in total. The van der Waals surface area contributed by atoms with E-state index in [-0.39, 0.29) is 37.0 Å². The first-order valence-electron chi connectivity index (χ1n) is 8.42. The molecule has 0 atom stereocenters. The Hall–Kier alpha value is -2.25. The minimum Gasteiger partial charge on any atom is -0.336 e. The highest BCUT2D eigenvalue weighted by atomic mass is 32.2. The van der Waals surface area contributed by atoms with Gasteiger partial charge in [0.1, 0.15) is 10.7 Å². The van der Waals surface area contributed by atoms with Crippen LogP contribution in [-0.4, -0.2) is 49.7 Å². The van der Waals surface area contributed by atoms with Crippen LogP contribution in [0.15, 0.2) is 47.4 Å². The summed E-state index contributed by atoms with van der Waals surface area (Å²) in [6.45, 7) is 4.70. The SMILES string of the molecule is Cc1ccc(C(=O)N2CCN(S(=O)(=O)c3ccccc3F)CC2)c(C)c1. The molecule has 2 aromatic rings. The molecule has 7 heteroatoms. The minimum atomic E-state index is -3.90. The molecule has 1 aliphatic heterocycles. The lowest BCUT2D eigenvalue weighted by molar-refractivity contribution is 0.0697. The molecule has 0 saturated carbocycles. The van der Waals surface area contributed by atoms with Gasteiger partial charge in [-0.05, 0) is 37.6 Å². The number of rotatable bonds is 3. The summed E-state index contributed by atoms with van der Waals surface area (Å²) >= 11 is 0. The molecular formula is C19H21FN2O3S. The van der Waals surface area contributed by atoms with E-state index in [1.165, 1.54) is 22.5 Å². The van der Waals surface area contributed by atoms with Crippen molar-refractivity contribution in [3.8, 4) is 0 Å². The summed E-state index contributed by atoms with van der Waals surface area (Å²) in [5.41, 5.74) is 2.61. The van der Waals surface area contributed by atoms with Crippen LogP contribution in [0.5, 0.6) is 0 Å². The van der Waals surface area contributed by atoms with Gasteiger partial charge in [0.05, 0.1) is 0 Å². The number of carbonyl (C=O) groups is 1. The summed E-state index contributed by atoms with van der Waals surface area (Å²) < 4.78 is 40.4. The fourth-order valence-electron chi connectivity index (χ4n) is 3.15. The molecule has 2 aromatic carbocycles. The first-order chi connectivity index (χ1) is 12.3. The standard InChI is InChI=1S/C19H21FN2O3S/c1-14-7-8-16(15(2)13-14)19(23)21-9-11-22(12-10-21)26(24,25)18-6-4-3-5-17(18)20/h3-8,13H,9-12H2,1-2H3. The van der Waals surface area contributed by atoms with Crippen molar-refractivity contribution in [1.29, 1.82) is 0 Å². The van der Waals surface area contributed by atoms with Crippen molar-refractivity contribution in [3.63, 3.8) is 0 Å². The summed E-state index contributed by atoms with van der Waals surface area (Å²) in [6.07, 6.45) is 0. The molecule has 138 valence electrons. The van der Waals surface area contributed by atoms with Crippen LogP contribution in [0.25, 0.3) is 0 Å². The molecule has 0 aliphatic carbocycles. The maximum absolute atomic E-state index is 13.9. The van der Waals surface area contributed by atoms with Gasteiger partial charge < -0.3 is 4.90 Å². The molecule has 0 aromatic heterocycles. The minimum absolute atomic E-state index is 0.106. The van der Waals surface area contributed by atoms with Crippen molar-refractivity contribution in [1.82, 2.24) is 9.21 Å². The molecule has 0 bridgehead atoms. The molecule has 0 N–H and O–H groups in total. The second-order valence-electron chi connectivity index (χ2n) is 6.45. The van der Waals surface area contributed by atoms with Crippen LogP contribution in [0, 0.1) is 19.7 Å². The van der Waals surface area contributed by atoms with E-state index in [4.69, 9.17) is 0 Å². The van der Waals surface area contributed by atoms with Crippen LogP contribution in [0.4, 0.5) is 4.39 Å². The van der Waals surface area contributed by atoms with Crippen molar-refractivity contribution in [2.24, 2.45) is 0 Å². The van der Waals surface area contributed by atoms with E-state index in [2.05, 4.69) is 0 Å². The van der Waals surface area contributed by atoms with E-state index < -0.39 is 15.8 Å². The predicted octanol–water partition coefficient (Wildman–Crippen LogP) is 2.59. The number of nitrogens with zero attached hydrogens (tertiary/aromatic N) is 2. The Labute approximate surface area is 153 Å². The van der Waals surface area contributed by atoms with Gasteiger partial charge in [0, 0.05) is 31.7 Å². The maximum atomic E-state index is 13.9. The molecule has 1 saturated heterocycles. The van der Waals surface area contributed by atoms with Crippen molar-refractivity contribution in [3.05, 3.63) is 65.0 Å². The molecule has 1 heterocycles. The third-order valence-electron chi connectivity index (χ3n) is 4.59. The topological polar surface area (TPSA) is 57.7 Å². The second-order valence-corrected chi connectivity index (χ2v) is 8.35. The van der Waals surface area contributed by atoms with E-state index >= 15 is 0 Å². The van der Waals surface area contributed by atoms with E-state index in [0.29, 0.717) is 5.56 Å². The van der Waals surface area contributed by atoms with Crippen molar-refractivity contribution >= 4 is 15.9 Å². The van der Waals surface area contributed by atoms with Crippen LogP contribution in [0.1, 0.15) is 21.5 Å². The van der Waals surface area contributed by atoms with E-state index in [0.717, 1.165) is 17.2 Å².